The molecule has 0 aromatic carbocycles. The standard InChI is InChI=1S/C20H30NO11P/c1-7-27-33(25,28-8-2)17-9-15-18(21-11(3)29-15)20(32-17)19(31-14(6)24)16(30-13(5)23)10-26-12(4)22/h9,15-16,18-20H,7-8,10H2,1-6H3/t15-,16-,18-,19-,20-/m1/s1. The van der Waals surface area contributed by atoms with E-state index < -0.39 is 62.6 Å². The maximum Gasteiger partial charge on any atom is 0.395 e. The lowest BCUT2D eigenvalue weighted by Crippen LogP contribution is -2.54. The van der Waals surface area contributed by atoms with Crippen molar-refractivity contribution in [1.82, 2.24) is 0 Å². The fraction of sp³-hybridized carbons (Fsp3) is 0.700. The summed E-state index contributed by atoms with van der Waals surface area (Å²) in [5, 5.41) is 0. The van der Waals surface area contributed by atoms with Gasteiger partial charge in [-0.2, -0.15) is 0 Å². The van der Waals surface area contributed by atoms with Crippen molar-refractivity contribution in [3.05, 3.63) is 11.6 Å². The second kappa shape index (κ2) is 11.6. The highest BCUT2D eigenvalue weighted by Crippen LogP contribution is 2.58. The zero-order chi connectivity index (χ0) is 24.8. The summed E-state index contributed by atoms with van der Waals surface area (Å²) in [6, 6.07) is -0.745. The molecule has 12 nitrogen and oxygen atoms in total. The number of esters is 3. The van der Waals surface area contributed by atoms with E-state index in [9.17, 15) is 18.9 Å². The van der Waals surface area contributed by atoms with Gasteiger partial charge in [0.15, 0.2) is 24.2 Å². The van der Waals surface area contributed by atoms with Gasteiger partial charge >= 0.3 is 25.5 Å². The first-order valence-electron chi connectivity index (χ1n) is 10.5. The van der Waals surface area contributed by atoms with E-state index >= 15 is 0 Å². The maximum atomic E-state index is 13.4. The average molecular weight is 491 g/mol. The summed E-state index contributed by atoms with van der Waals surface area (Å²) in [5.41, 5.74) is -0.145. The second-order valence-corrected chi connectivity index (χ2v) is 9.12. The Morgan fingerprint density at radius 1 is 1.03 bits per heavy atom. The topological polar surface area (TPSA) is 145 Å². The molecule has 13 heteroatoms. The van der Waals surface area contributed by atoms with Gasteiger partial charge in [-0.25, -0.2) is 4.99 Å². The van der Waals surface area contributed by atoms with Gasteiger partial charge in [0.1, 0.15) is 18.8 Å². The number of aliphatic imine (C=N–C) groups is 1. The molecule has 2 rings (SSSR count). The minimum absolute atomic E-state index is 0.0724. The van der Waals surface area contributed by atoms with E-state index in [-0.39, 0.29) is 18.7 Å². The summed E-state index contributed by atoms with van der Waals surface area (Å²) in [7, 11) is -3.89. The Labute approximate surface area is 192 Å². The molecule has 5 atom stereocenters. The van der Waals surface area contributed by atoms with Crippen molar-refractivity contribution in [2.24, 2.45) is 4.99 Å². The van der Waals surface area contributed by atoms with E-state index in [2.05, 4.69) is 4.99 Å². The molecule has 0 bridgehead atoms. The van der Waals surface area contributed by atoms with Gasteiger partial charge in [0.25, 0.3) is 0 Å². The zero-order valence-corrected chi connectivity index (χ0v) is 20.4. The average Bonchev–Trinajstić information content (AvgIpc) is 3.08. The van der Waals surface area contributed by atoms with Crippen LogP contribution in [0.4, 0.5) is 0 Å². The van der Waals surface area contributed by atoms with E-state index in [1.807, 2.05) is 0 Å². The number of carbonyl (C=O) groups excluding carboxylic acids is 3. The van der Waals surface area contributed by atoms with Crippen molar-refractivity contribution in [3.8, 4) is 0 Å². The van der Waals surface area contributed by atoms with Gasteiger partial charge in [-0.05, 0) is 13.8 Å². The molecule has 0 unspecified atom stereocenters. The molecule has 0 spiro atoms. The van der Waals surface area contributed by atoms with Gasteiger partial charge in [-0.15, -0.1) is 0 Å². The molecule has 2 heterocycles. The summed E-state index contributed by atoms with van der Waals surface area (Å²) in [6.45, 7) is 8.13. The normalized spacial score (nSPS) is 23.6. The van der Waals surface area contributed by atoms with Crippen LogP contribution < -0.4 is 0 Å². The molecule has 0 saturated heterocycles. The molecule has 2 aliphatic heterocycles. The number of hydrogen-bond acceptors (Lipinski definition) is 12. The highest BCUT2D eigenvalue weighted by molar-refractivity contribution is 7.58. The van der Waals surface area contributed by atoms with Crippen molar-refractivity contribution >= 4 is 31.4 Å². The van der Waals surface area contributed by atoms with Crippen LogP contribution in [0.15, 0.2) is 16.6 Å². The predicted molar refractivity (Wildman–Crippen MR) is 113 cm³/mol. The molecule has 0 radical (unpaired) electrons. The Balaban J connectivity index is 2.51. The quantitative estimate of drug-likeness (QED) is 0.238. The van der Waals surface area contributed by atoms with Gasteiger partial charge in [-0.3, -0.25) is 18.9 Å². The Hall–Kier alpha value is -2.43. The number of rotatable bonds is 11. The fourth-order valence-electron chi connectivity index (χ4n) is 3.44. The summed E-state index contributed by atoms with van der Waals surface area (Å²) < 4.78 is 51.6. The SMILES string of the molecule is CCOP(=O)(OCC)C1=C[C@H]2OC(C)=N[C@H]2[C@H]([C@H](OC(C)=O)[C@@H](COC(C)=O)OC(C)=O)O1. The number of fused-ring (bicyclic) bond motifs is 1. The summed E-state index contributed by atoms with van der Waals surface area (Å²) in [5.74, 6) is -1.73. The molecule has 0 N–H and O–H groups in total. The molecule has 0 saturated carbocycles. The third-order valence-electron chi connectivity index (χ3n) is 4.50. The monoisotopic (exact) mass is 491 g/mol. The van der Waals surface area contributed by atoms with Crippen LogP contribution in [0.1, 0.15) is 41.5 Å². The highest BCUT2D eigenvalue weighted by Gasteiger charge is 2.52. The lowest BCUT2D eigenvalue weighted by atomic mass is 9.95. The van der Waals surface area contributed by atoms with E-state index in [4.69, 9.17) is 32.7 Å². The van der Waals surface area contributed by atoms with E-state index in [1.165, 1.54) is 13.0 Å². The van der Waals surface area contributed by atoms with Gasteiger partial charge in [0.2, 0.25) is 5.50 Å². The minimum atomic E-state index is -3.89. The van der Waals surface area contributed by atoms with Crippen LogP contribution in [0.3, 0.4) is 0 Å². The van der Waals surface area contributed by atoms with E-state index in [1.54, 1.807) is 20.8 Å². The Morgan fingerprint density at radius 3 is 2.15 bits per heavy atom. The molecule has 33 heavy (non-hydrogen) atoms. The third-order valence-corrected chi connectivity index (χ3v) is 6.49. The summed E-state index contributed by atoms with van der Waals surface area (Å²) >= 11 is 0. The first kappa shape index (κ1) is 26.8. The highest BCUT2D eigenvalue weighted by atomic mass is 31.2. The lowest BCUT2D eigenvalue weighted by molar-refractivity contribution is -0.186. The van der Waals surface area contributed by atoms with Crippen LogP contribution in [0.5, 0.6) is 0 Å². The molecular weight excluding hydrogens is 461 g/mol. The smallest absolute Gasteiger partial charge is 0.395 e. The fourth-order valence-corrected chi connectivity index (χ4v) is 5.03. The van der Waals surface area contributed by atoms with Gasteiger partial charge in [0.05, 0.1) is 13.2 Å². The van der Waals surface area contributed by atoms with Crippen molar-refractivity contribution in [2.75, 3.05) is 19.8 Å². The number of ether oxygens (including phenoxy) is 5. The first-order chi connectivity index (χ1) is 15.5. The minimum Gasteiger partial charge on any atom is -0.476 e. The predicted octanol–water partition coefficient (Wildman–Crippen LogP) is 2.10. The summed E-state index contributed by atoms with van der Waals surface area (Å²) in [6.07, 6.45) is -2.96. The molecule has 186 valence electrons. The van der Waals surface area contributed by atoms with Crippen LogP contribution in [0.25, 0.3) is 0 Å². The molecule has 0 aromatic heterocycles. The Kier molecular flexibility index (Phi) is 9.45. The molecule has 2 aliphatic rings. The molecule has 0 aromatic rings. The number of hydrogen-bond donors (Lipinski definition) is 0. The van der Waals surface area contributed by atoms with Crippen LogP contribution in [-0.4, -0.2) is 74.1 Å². The van der Waals surface area contributed by atoms with E-state index in [0.717, 1.165) is 13.8 Å². The number of carbonyl (C=O) groups is 3. The second-order valence-electron chi connectivity index (χ2n) is 7.17. The molecular formula is C20H30NO11P. The molecule has 0 aliphatic carbocycles. The van der Waals surface area contributed by atoms with Gasteiger partial charge in [0, 0.05) is 33.8 Å². The molecule has 0 amide bonds. The van der Waals surface area contributed by atoms with Crippen LogP contribution in [0.2, 0.25) is 0 Å². The van der Waals surface area contributed by atoms with Gasteiger partial charge < -0.3 is 32.7 Å². The summed E-state index contributed by atoms with van der Waals surface area (Å²) in [4.78, 5) is 39.5. The largest absolute Gasteiger partial charge is 0.476 e. The van der Waals surface area contributed by atoms with Crippen molar-refractivity contribution < 1.29 is 51.7 Å². The van der Waals surface area contributed by atoms with Crippen molar-refractivity contribution in [1.29, 1.82) is 0 Å². The van der Waals surface area contributed by atoms with Crippen LogP contribution in [-0.2, 0) is 51.7 Å². The zero-order valence-electron chi connectivity index (χ0n) is 19.5. The molecule has 0 fully saturated rings. The Bertz CT molecular complexity index is 845. The maximum absolute atomic E-state index is 13.4. The lowest BCUT2D eigenvalue weighted by Gasteiger charge is -2.38. The Morgan fingerprint density at radius 2 is 1.64 bits per heavy atom. The van der Waals surface area contributed by atoms with E-state index in [0.29, 0.717) is 5.90 Å². The van der Waals surface area contributed by atoms with Gasteiger partial charge in [-0.1, -0.05) is 0 Å². The number of nitrogens with zero attached hydrogens (tertiary/aromatic N) is 1. The van der Waals surface area contributed by atoms with Crippen molar-refractivity contribution in [3.63, 3.8) is 0 Å². The van der Waals surface area contributed by atoms with Crippen LogP contribution >= 0.6 is 7.60 Å². The van der Waals surface area contributed by atoms with Crippen molar-refractivity contribution in [2.45, 2.75) is 72.0 Å². The third kappa shape index (κ3) is 7.02. The first-order valence-corrected chi connectivity index (χ1v) is 12.0. The van der Waals surface area contributed by atoms with Crippen LogP contribution in [0, 0.1) is 0 Å².